The van der Waals surface area contributed by atoms with Crippen molar-refractivity contribution in [1.29, 1.82) is 0 Å². The SMILES string of the molecule is CCN(CC)c1cc2nc(C3CC3)nc(N3CCN(c4ccccc4OC)CC3)c2cc1F. The van der Waals surface area contributed by atoms with E-state index in [1.807, 2.05) is 29.2 Å². The van der Waals surface area contributed by atoms with Crippen molar-refractivity contribution < 1.29 is 9.13 Å². The average molecular weight is 450 g/mol. The molecule has 1 aliphatic heterocycles. The third-order valence-corrected chi connectivity index (χ3v) is 6.81. The van der Waals surface area contributed by atoms with Gasteiger partial charge < -0.3 is 19.4 Å². The second kappa shape index (κ2) is 9.04. The lowest BCUT2D eigenvalue weighted by atomic mass is 10.1. The molecule has 1 aliphatic carbocycles. The van der Waals surface area contributed by atoms with Crippen molar-refractivity contribution in [2.45, 2.75) is 32.6 Å². The lowest BCUT2D eigenvalue weighted by molar-refractivity contribution is 0.413. The molecule has 1 saturated heterocycles. The molecule has 174 valence electrons. The molecule has 7 heteroatoms. The largest absolute Gasteiger partial charge is 0.495 e. The minimum absolute atomic E-state index is 0.206. The highest BCUT2D eigenvalue weighted by atomic mass is 19.1. The first-order valence-corrected chi connectivity index (χ1v) is 12.0. The number of halogens is 1. The predicted octanol–water partition coefficient (Wildman–Crippen LogP) is 4.83. The van der Waals surface area contributed by atoms with Gasteiger partial charge in [0.1, 0.15) is 23.2 Å². The second-order valence-corrected chi connectivity index (χ2v) is 8.82. The quantitative estimate of drug-likeness (QED) is 0.515. The molecule has 6 nitrogen and oxygen atoms in total. The summed E-state index contributed by atoms with van der Waals surface area (Å²) >= 11 is 0. The molecule has 0 atom stereocenters. The second-order valence-electron chi connectivity index (χ2n) is 8.82. The predicted molar refractivity (Wildman–Crippen MR) is 132 cm³/mol. The van der Waals surface area contributed by atoms with Crippen molar-refractivity contribution in [3.05, 3.63) is 48.0 Å². The molecule has 3 aromatic rings. The summed E-state index contributed by atoms with van der Waals surface area (Å²) < 4.78 is 20.7. The molecule has 5 rings (SSSR count). The molecule has 1 aromatic heterocycles. The van der Waals surface area contributed by atoms with Crippen LogP contribution < -0.4 is 19.4 Å². The van der Waals surface area contributed by atoms with E-state index in [0.29, 0.717) is 11.6 Å². The van der Waals surface area contributed by atoms with Gasteiger partial charge in [0, 0.05) is 50.6 Å². The number of hydrogen-bond acceptors (Lipinski definition) is 6. The van der Waals surface area contributed by atoms with Crippen LogP contribution >= 0.6 is 0 Å². The van der Waals surface area contributed by atoms with E-state index in [2.05, 4.69) is 29.7 Å². The highest BCUT2D eigenvalue weighted by molar-refractivity contribution is 5.92. The van der Waals surface area contributed by atoms with Crippen molar-refractivity contribution in [2.24, 2.45) is 0 Å². The zero-order chi connectivity index (χ0) is 22.9. The third-order valence-electron chi connectivity index (χ3n) is 6.81. The number of hydrogen-bond donors (Lipinski definition) is 0. The van der Waals surface area contributed by atoms with Gasteiger partial charge in [0.05, 0.1) is 24.0 Å². The van der Waals surface area contributed by atoms with Crippen molar-refractivity contribution in [1.82, 2.24) is 9.97 Å². The first-order chi connectivity index (χ1) is 16.1. The summed E-state index contributed by atoms with van der Waals surface area (Å²) in [6.45, 7) is 8.95. The van der Waals surface area contributed by atoms with Crippen LogP contribution in [0, 0.1) is 5.82 Å². The van der Waals surface area contributed by atoms with Crippen LogP contribution in [0.3, 0.4) is 0 Å². The summed E-state index contributed by atoms with van der Waals surface area (Å²) in [5.41, 5.74) is 2.58. The van der Waals surface area contributed by atoms with E-state index >= 15 is 4.39 Å². The highest BCUT2D eigenvalue weighted by Crippen LogP contribution is 2.41. The molecule has 0 spiro atoms. The number of methoxy groups -OCH3 is 1. The monoisotopic (exact) mass is 449 g/mol. The van der Waals surface area contributed by atoms with Crippen molar-refractivity contribution >= 4 is 28.1 Å². The fraction of sp³-hybridized carbons (Fsp3) is 0.462. The molecule has 0 N–H and O–H groups in total. The van der Waals surface area contributed by atoms with Crippen LogP contribution in [0.2, 0.25) is 0 Å². The Kier molecular flexibility index (Phi) is 5.96. The molecule has 0 amide bonds. The van der Waals surface area contributed by atoms with Gasteiger partial charge in [0.15, 0.2) is 0 Å². The Morgan fingerprint density at radius 2 is 1.70 bits per heavy atom. The molecule has 0 unspecified atom stereocenters. The summed E-state index contributed by atoms with van der Waals surface area (Å²) in [5, 5.41) is 0.804. The van der Waals surface area contributed by atoms with Crippen LogP contribution in [0.25, 0.3) is 10.9 Å². The lowest BCUT2D eigenvalue weighted by Gasteiger charge is -2.37. The molecule has 0 radical (unpaired) electrons. The van der Waals surface area contributed by atoms with Crippen molar-refractivity contribution in [3.63, 3.8) is 0 Å². The van der Waals surface area contributed by atoms with Crippen LogP contribution in [0.5, 0.6) is 5.75 Å². The summed E-state index contributed by atoms with van der Waals surface area (Å²) in [6, 6.07) is 11.7. The summed E-state index contributed by atoms with van der Waals surface area (Å²) in [5.74, 6) is 2.89. The first-order valence-electron chi connectivity index (χ1n) is 12.0. The molecule has 1 saturated carbocycles. The Hall–Kier alpha value is -3.09. The van der Waals surface area contributed by atoms with Gasteiger partial charge in [-0.05, 0) is 51.0 Å². The van der Waals surface area contributed by atoms with Crippen LogP contribution in [0.1, 0.15) is 38.4 Å². The van der Waals surface area contributed by atoms with E-state index in [4.69, 9.17) is 14.7 Å². The Balaban J connectivity index is 1.48. The number of nitrogens with zero attached hydrogens (tertiary/aromatic N) is 5. The molecule has 2 aromatic carbocycles. The number of benzene rings is 2. The standard InChI is InChI=1S/C26H32FN5O/c1-4-30(5-2)23-17-21-19(16-20(23)27)26(29-25(28-21)18-10-11-18)32-14-12-31(13-15-32)22-8-6-7-9-24(22)33-3/h6-9,16-18H,4-5,10-15H2,1-3H3. The van der Waals surface area contributed by atoms with Gasteiger partial charge in [-0.1, -0.05) is 12.1 Å². The number of rotatable bonds is 7. The number of anilines is 3. The van der Waals surface area contributed by atoms with E-state index in [0.717, 1.165) is 86.1 Å². The Bertz CT molecular complexity index is 1140. The number of fused-ring (bicyclic) bond motifs is 1. The Morgan fingerprint density at radius 3 is 2.36 bits per heavy atom. The van der Waals surface area contributed by atoms with Gasteiger partial charge in [0.2, 0.25) is 0 Å². The van der Waals surface area contributed by atoms with Crippen molar-refractivity contribution in [3.8, 4) is 5.75 Å². The van der Waals surface area contributed by atoms with Gasteiger partial charge in [-0.15, -0.1) is 0 Å². The fourth-order valence-corrected chi connectivity index (χ4v) is 4.76. The molecule has 2 aliphatic rings. The van der Waals surface area contributed by atoms with E-state index in [9.17, 15) is 0 Å². The van der Waals surface area contributed by atoms with E-state index in [1.165, 1.54) is 0 Å². The van der Waals surface area contributed by atoms with Gasteiger partial charge in [-0.2, -0.15) is 0 Å². The average Bonchev–Trinajstić information content (AvgIpc) is 3.70. The number of ether oxygens (including phenoxy) is 1. The Labute approximate surface area is 195 Å². The highest BCUT2D eigenvalue weighted by Gasteiger charge is 2.30. The van der Waals surface area contributed by atoms with Crippen molar-refractivity contribution in [2.75, 3.05) is 61.1 Å². The smallest absolute Gasteiger partial charge is 0.147 e. The van der Waals surface area contributed by atoms with Gasteiger partial charge in [-0.3, -0.25) is 0 Å². The summed E-state index contributed by atoms with van der Waals surface area (Å²) in [6.07, 6.45) is 2.27. The number of piperazine rings is 1. The minimum Gasteiger partial charge on any atom is -0.495 e. The van der Waals surface area contributed by atoms with E-state index in [-0.39, 0.29) is 5.82 Å². The molecular weight excluding hydrogens is 417 g/mol. The maximum Gasteiger partial charge on any atom is 0.147 e. The van der Waals surface area contributed by atoms with Gasteiger partial charge in [0.25, 0.3) is 0 Å². The fourth-order valence-electron chi connectivity index (χ4n) is 4.76. The number of aromatic nitrogens is 2. The first kappa shape index (κ1) is 21.7. The van der Waals surface area contributed by atoms with Crippen LogP contribution in [-0.2, 0) is 0 Å². The third kappa shape index (κ3) is 4.16. The molecule has 2 heterocycles. The van der Waals surface area contributed by atoms with Gasteiger partial charge >= 0.3 is 0 Å². The van der Waals surface area contributed by atoms with Crippen LogP contribution in [0.4, 0.5) is 21.6 Å². The topological polar surface area (TPSA) is 44.7 Å². The molecular formula is C26H32FN5O. The van der Waals surface area contributed by atoms with E-state index in [1.54, 1.807) is 13.2 Å². The Morgan fingerprint density at radius 1 is 1.00 bits per heavy atom. The minimum atomic E-state index is -0.206. The van der Waals surface area contributed by atoms with Gasteiger partial charge in [-0.25, -0.2) is 14.4 Å². The molecule has 2 fully saturated rings. The molecule has 33 heavy (non-hydrogen) atoms. The number of para-hydroxylation sites is 2. The maximum atomic E-state index is 15.2. The summed E-state index contributed by atoms with van der Waals surface area (Å²) in [4.78, 5) is 16.5. The zero-order valence-corrected chi connectivity index (χ0v) is 19.7. The molecule has 0 bridgehead atoms. The maximum absolute atomic E-state index is 15.2. The van der Waals surface area contributed by atoms with Crippen LogP contribution in [-0.4, -0.2) is 56.3 Å². The van der Waals surface area contributed by atoms with E-state index < -0.39 is 0 Å². The summed E-state index contributed by atoms with van der Waals surface area (Å²) in [7, 11) is 1.71. The zero-order valence-electron chi connectivity index (χ0n) is 19.7. The van der Waals surface area contributed by atoms with Crippen LogP contribution in [0.15, 0.2) is 36.4 Å². The lowest BCUT2D eigenvalue weighted by Crippen LogP contribution is -2.47. The normalized spacial score (nSPS) is 16.4.